The van der Waals surface area contributed by atoms with Crippen molar-refractivity contribution in [3.05, 3.63) is 152 Å². The van der Waals surface area contributed by atoms with Crippen LogP contribution in [-0.2, 0) is 0 Å². The number of aromatic nitrogens is 3. The SMILES string of the molecule is c1ccc(-n2c3ccccc3c3cc4c(cc32)sc2nc(-c3ccc5c(c3)oc3ccccc35)nc(-c3ccc5c(c3)oc3ccccc35)c24)cc1. The van der Waals surface area contributed by atoms with E-state index in [0.717, 1.165) is 86.7 Å². The number of thiophene rings is 1. The van der Waals surface area contributed by atoms with Crippen LogP contribution in [0.5, 0.6) is 0 Å². The molecule has 242 valence electrons. The van der Waals surface area contributed by atoms with E-state index < -0.39 is 0 Å². The fraction of sp³-hybridized carbons (Fsp3) is 0. The van der Waals surface area contributed by atoms with Gasteiger partial charge in [0.15, 0.2) is 5.82 Å². The van der Waals surface area contributed by atoms with Crippen LogP contribution in [0.25, 0.3) is 114 Å². The molecule has 0 saturated heterocycles. The molecule has 0 saturated carbocycles. The van der Waals surface area contributed by atoms with Crippen LogP contribution in [0, 0.1) is 0 Å². The number of para-hydroxylation sites is 4. The molecular weight excluding hydrogens is 659 g/mol. The maximum Gasteiger partial charge on any atom is 0.161 e. The van der Waals surface area contributed by atoms with Crippen molar-refractivity contribution in [1.82, 2.24) is 14.5 Å². The predicted octanol–water partition coefficient (Wildman–Crippen LogP) is 13.1. The predicted molar refractivity (Wildman–Crippen MR) is 215 cm³/mol. The summed E-state index contributed by atoms with van der Waals surface area (Å²) >= 11 is 1.71. The highest BCUT2D eigenvalue weighted by molar-refractivity contribution is 7.25. The Hall–Kier alpha value is -6.76. The molecule has 0 unspecified atom stereocenters. The highest BCUT2D eigenvalue weighted by Crippen LogP contribution is 2.44. The Balaban J connectivity index is 1.16. The van der Waals surface area contributed by atoms with Gasteiger partial charge in [-0.25, -0.2) is 9.97 Å². The number of hydrogen-bond donors (Lipinski definition) is 0. The van der Waals surface area contributed by atoms with Gasteiger partial charge in [0.1, 0.15) is 27.2 Å². The Morgan fingerprint density at radius 3 is 1.81 bits per heavy atom. The van der Waals surface area contributed by atoms with Gasteiger partial charge in [-0.1, -0.05) is 84.9 Å². The van der Waals surface area contributed by atoms with Gasteiger partial charge in [-0.3, -0.25) is 0 Å². The average molecular weight is 684 g/mol. The average Bonchev–Trinajstić information content (AvgIpc) is 3.94. The number of hydrogen-bond acceptors (Lipinski definition) is 5. The highest BCUT2D eigenvalue weighted by Gasteiger charge is 2.21. The molecule has 0 aliphatic rings. The number of furan rings is 2. The van der Waals surface area contributed by atoms with Gasteiger partial charge < -0.3 is 13.4 Å². The maximum atomic E-state index is 6.38. The lowest BCUT2D eigenvalue weighted by Crippen LogP contribution is -1.94. The summed E-state index contributed by atoms with van der Waals surface area (Å²) < 4.78 is 16.2. The normalized spacial score (nSPS) is 12.2. The lowest BCUT2D eigenvalue weighted by atomic mass is 10.0. The molecule has 12 rings (SSSR count). The third kappa shape index (κ3) is 3.92. The largest absolute Gasteiger partial charge is 0.456 e. The third-order valence-electron chi connectivity index (χ3n) is 10.4. The quantitative estimate of drug-likeness (QED) is 0.186. The number of fused-ring (bicyclic) bond motifs is 12. The zero-order chi connectivity index (χ0) is 33.9. The Morgan fingerprint density at radius 1 is 0.442 bits per heavy atom. The molecular formula is C46H25N3O2S. The lowest BCUT2D eigenvalue weighted by molar-refractivity contribution is 0.668. The van der Waals surface area contributed by atoms with Gasteiger partial charge in [-0.05, 0) is 66.7 Å². The van der Waals surface area contributed by atoms with Gasteiger partial charge in [0.2, 0.25) is 0 Å². The molecule has 0 aliphatic carbocycles. The van der Waals surface area contributed by atoms with Crippen molar-refractivity contribution in [2.75, 3.05) is 0 Å². The Kier molecular flexibility index (Phi) is 5.59. The smallest absolute Gasteiger partial charge is 0.161 e. The summed E-state index contributed by atoms with van der Waals surface area (Å²) in [6, 6.07) is 53.0. The summed E-state index contributed by atoms with van der Waals surface area (Å²) in [5.74, 6) is 0.657. The van der Waals surface area contributed by atoms with Crippen LogP contribution in [0.3, 0.4) is 0 Å². The van der Waals surface area contributed by atoms with E-state index in [9.17, 15) is 0 Å². The molecule has 52 heavy (non-hydrogen) atoms. The molecule has 5 nitrogen and oxygen atoms in total. The number of rotatable bonds is 3. The second-order valence-electron chi connectivity index (χ2n) is 13.3. The second-order valence-corrected chi connectivity index (χ2v) is 14.4. The summed E-state index contributed by atoms with van der Waals surface area (Å²) in [5.41, 5.74) is 9.65. The first-order valence-electron chi connectivity index (χ1n) is 17.3. The molecule has 0 atom stereocenters. The van der Waals surface area contributed by atoms with E-state index >= 15 is 0 Å². The van der Waals surface area contributed by atoms with Crippen molar-refractivity contribution < 1.29 is 8.83 Å². The minimum absolute atomic E-state index is 0.657. The second kappa shape index (κ2) is 10.4. The van der Waals surface area contributed by atoms with Crippen LogP contribution in [0.4, 0.5) is 0 Å². The van der Waals surface area contributed by atoms with Crippen LogP contribution in [0.15, 0.2) is 160 Å². The highest BCUT2D eigenvalue weighted by atomic mass is 32.1. The Morgan fingerprint density at radius 2 is 1.06 bits per heavy atom. The summed E-state index contributed by atoms with van der Waals surface area (Å²) in [6.45, 7) is 0. The molecule has 5 heterocycles. The van der Waals surface area contributed by atoms with Gasteiger partial charge in [-0.15, -0.1) is 11.3 Å². The summed E-state index contributed by atoms with van der Waals surface area (Å²) in [4.78, 5) is 11.6. The molecule has 0 bridgehead atoms. The van der Waals surface area contributed by atoms with E-state index in [0.29, 0.717) is 5.82 Å². The van der Waals surface area contributed by atoms with Crippen LogP contribution in [0.1, 0.15) is 0 Å². The number of nitrogens with zero attached hydrogens (tertiary/aromatic N) is 3. The monoisotopic (exact) mass is 683 g/mol. The van der Waals surface area contributed by atoms with Crippen LogP contribution >= 0.6 is 11.3 Å². The molecule has 0 amide bonds. The standard InChI is InChI=1S/C46H25N3O2S/c1-2-10-28(11-3-1)49-36-15-7-4-12-29(36)34-24-35-42(25-37(34)49)52-46-43(35)44(26-18-20-32-30-13-5-8-16-38(30)50-40(32)22-26)47-45(48-46)27-19-21-33-31-14-6-9-17-39(31)51-41(33)23-27/h1-25H. The van der Waals surface area contributed by atoms with Crippen LogP contribution < -0.4 is 0 Å². The van der Waals surface area contributed by atoms with Crippen molar-refractivity contribution in [2.45, 2.75) is 0 Å². The van der Waals surface area contributed by atoms with E-state index in [-0.39, 0.29) is 0 Å². The van der Waals surface area contributed by atoms with E-state index in [2.05, 4.69) is 126 Å². The first-order valence-corrected chi connectivity index (χ1v) is 18.1. The van der Waals surface area contributed by atoms with E-state index in [1.165, 1.54) is 21.8 Å². The third-order valence-corrected chi connectivity index (χ3v) is 11.5. The van der Waals surface area contributed by atoms with Crippen molar-refractivity contribution in [2.24, 2.45) is 0 Å². The molecule has 0 fully saturated rings. The summed E-state index contributed by atoms with van der Waals surface area (Å²) in [6.07, 6.45) is 0. The zero-order valence-corrected chi connectivity index (χ0v) is 28.3. The van der Waals surface area contributed by atoms with Crippen LogP contribution in [-0.4, -0.2) is 14.5 Å². The molecule has 12 aromatic rings. The van der Waals surface area contributed by atoms with E-state index in [1.54, 1.807) is 11.3 Å². The fourth-order valence-corrected chi connectivity index (χ4v) is 9.16. The Bertz CT molecular complexity index is 3420. The molecule has 0 radical (unpaired) electrons. The lowest BCUT2D eigenvalue weighted by Gasteiger charge is -2.08. The number of benzene rings is 7. The topological polar surface area (TPSA) is 57.0 Å². The molecule has 0 aliphatic heterocycles. The molecule has 0 spiro atoms. The Labute approximate surface area is 299 Å². The molecule has 7 aromatic carbocycles. The molecule has 0 N–H and O–H groups in total. The minimum Gasteiger partial charge on any atom is -0.456 e. The fourth-order valence-electron chi connectivity index (χ4n) is 8.07. The van der Waals surface area contributed by atoms with Gasteiger partial charge >= 0.3 is 0 Å². The van der Waals surface area contributed by atoms with Gasteiger partial charge in [0, 0.05) is 64.6 Å². The van der Waals surface area contributed by atoms with E-state index in [4.69, 9.17) is 18.8 Å². The first kappa shape index (κ1) is 28.0. The van der Waals surface area contributed by atoms with E-state index in [1.807, 2.05) is 30.3 Å². The van der Waals surface area contributed by atoms with Crippen molar-refractivity contribution in [3.8, 4) is 28.3 Å². The van der Waals surface area contributed by atoms with Crippen molar-refractivity contribution in [3.63, 3.8) is 0 Å². The zero-order valence-electron chi connectivity index (χ0n) is 27.5. The van der Waals surface area contributed by atoms with Gasteiger partial charge in [0.25, 0.3) is 0 Å². The van der Waals surface area contributed by atoms with Gasteiger partial charge in [-0.2, -0.15) is 0 Å². The van der Waals surface area contributed by atoms with Gasteiger partial charge in [0.05, 0.1) is 16.7 Å². The van der Waals surface area contributed by atoms with Crippen molar-refractivity contribution >= 4 is 97.3 Å². The molecule has 6 heteroatoms. The maximum absolute atomic E-state index is 6.38. The summed E-state index contributed by atoms with van der Waals surface area (Å²) in [7, 11) is 0. The van der Waals surface area contributed by atoms with Crippen molar-refractivity contribution in [1.29, 1.82) is 0 Å². The van der Waals surface area contributed by atoms with Crippen LogP contribution in [0.2, 0.25) is 0 Å². The summed E-state index contributed by atoms with van der Waals surface area (Å²) in [5, 5.41) is 8.97. The minimum atomic E-state index is 0.657. The first-order chi connectivity index (χ1) is 25.7. The molecule has 5 aromatic heterocycles.